The lowest BCUT2D eigenvalue weighted by atomic mass is 10.1. The van der Waals surface area contributed by atoms with Crippen LogP contribution in [0.5, 0.6) is 0 Å². The van der Waals surface area contributed by atoms with Crippen LogP contribution >= 0.6 is 0 Å². The fourth-order valence-corrected chi connectivity index (χ4v) is 2.35. The summed E-state index contributed by atoms with van der Waals surface area (Å²) in [7, 11) is 1.34. The Hall–Kier alpha value is -2.13. The van der Waals surface area contributed by atoms with E-state index in [-0.39, 0.29) is 12.6 Å². The monoisotopic (exact) mass is 275 g/mol. The number of anilines is 1. The number of nitriles is 1. The molecule has 0 bridgehead atoms. The molecule has 1 aliphatic heterocycles. The van der Waals surface area contributed by atoms with Crippen LogP contribution in [-0.2, 0) is 14.3 Å². The van der Waals surface area contributed by atoms with Crippen LogP contribution in [0.15, 0.2) is 6.07 Å². The number of esters is 1. The molecule has 1 aliphatic rings. The Balaban J connectivity index is 2.47. The first-order valence-electron chi connectivity index (χ1n) is 6.39. The Kier molecular flexibility index (Phi) is 4.20. The number of aromatic nitrogens is 1. The largest absolute Gasteiger partial charge is 0.467 e. The van der Waals surface area contributed by atoms with Crippen LogP contribution in [-0.4, -0.2) is 43.9 Å². The summed E-state index contributed by atoms with van der Waals surface area (Å²) in [6.45, 7) is 4.97. The van der Waals surface area contributed by atoms with Gasteiger partial charge in [0.1, 0.15) is 11.9 Å². The molecule has 2 heterocycles. The fourth-order valence-electron chi connectivity index (χ4n) is 2.35. The number of pyridine rings is 1. The number of methoxy groups -OCH3 is 1. The van der Waals surface area contributed by atoms with Crippen molar-refractivity contribution in [1.29, 1.82) is 5.26 Å². The van der Waals surface area contributed by atoms with Gasteiger partial charge in [0.2, 0.25) is 0 Å². The fraction of sp³-hybridized carbons (Fsp3) is 0.500. The van der Waals surface area contributed by atoms with Gasteiger partial charge in [0, 0.05) is 12.2 Å². The quantitative estimate of drug-likeness (QED) is 0.748. The lowest BCUT2D eigenvalue weighted by Gasteiger charge is -2.35. The lowest BCUT2D eigenvalue weighted by molar-refractivity contribution is -0.144. The SMILES string of the molecule is COC(=O)C1COCCN1c1nc(C)cc(C)c1C#N. The molecule has 0 N–H and O–H groups in total. The molecule has 6 nitrogen and oxygen atoms in total. The van der Waals surface area contributed by atoms with Crippen LogP contribution in [0.25, 0.3) is 0 Å². The van der Waals surface area contributed by atoms with E-state index in [2.05, 4.69) is 11.1 Å². The Labute approximate surface area is 117 Å². The molecule has 1 aromatic heterocycles. The summed E-state index contributed by atoms with van der Waals surface area (Å²) in [6, 6.07) is 3.46. The molecule has 1 saturated heterocycles. The molecule has 0 saturated carbocycles. The van der Waals surface area contributed by atoms with Crippen molar-refractivity contribution in [2.24, 2.45) is 0 Å². The van der Waals surface area contributed by atoms with Crippen molar-refractivity contribution in [3.63, 3.8) is 0 Å². The summed E-state index contributed by atoms with van der Waals surface area (Å²) in [5, 5.41) is 9.34. The van der Waals surface area contributed by atoms with E-state index in [4.69, 9.17) is 9.47 Å². The number of nitrogens with zero attached hydrogens (tertiary/aromatic N) is 3. The maximum Gasteiger partial charge on any atom is 0.330 e. The predicted octanol–water partition coefficient (Wildman–Crippen LogP) is 0.948. The van der Waals surface area contributed by atoms with Crippen LogP contribution in [0.1, 0.15) is 16.8 Å². The highest BCUT2D eigenvalue weighted by Gasteiger charge is 2.33. The Morgan fingerprint density at radius 3 is 3.00 bits per heavy atom. The van der Waals surface area contributed by atoms with Crippen molar-refractivity contribution in [1.82, 2.24) is 4.98 Å². The number of morpholine rings is 1. The molecular weight excluding hydrogens is 258 g/mol. The average molecular weight is 275 g/mol. The van der Waals surface area contributed by atoms with Gasteiger partial charge in [-0.1, -0.05) is 0 Å². The van der Waals surface area contributed by atoms with E-state index in [1.54, 1.807) is 4.90 Å². The van der Waals surface area contributed by atoms with E-state index >= 15 is 0 Å². The Morgan fingerprint density at radius 2 is 2.35 bits per heavy atom. The maximum absolute atomic E-state index is 11.9. The zero-order valence-corrected chi connectivity index (χ0v) is 11.8. The number of hydrogen-bond acceptors (Lipinski definition) is 6. The van der Waals surface area contributed by atoms with Gasteiger partial charge in [-0.3, -0.25) is 0 Å². The van der Waals surface area contributed by atoms with Gasteiger partial charge in [0.25, 0.3) is 0 Å². The molecule has 106 valence electrons. The van der Waals surface area contributed by atoms with Gasteiger partial charge >= 0.3 is 5.97 Å². The molecule has 0 radical (unpaired) electrons. The van der Waals surface area contributed by atoms with E-state index in [0.717, 1.165) is 11.3 Å². The zero-order valence-electron chi connectivity index (χ0n) is 11.8. The normalized spacial score (nSPS) is 18.5. The van der Waals surface area contributed by atoms with Crippen LogP contribution in [0.3, 0.4) is 0 Å². The molecule has 1 unspecified atom stereocenters. The summed E-state index contributed by atoms with van der Waals surface area (Å²) in [6.07, 6.45) is 0. The third-order valence-corrected chi connectivity index (χ3v) is 3.31. The molecule has 0 aliphatic carbocycles. The molecule has 20 heavy (non-hydrogen) atoms. The molecule has 1 fully saturated rings. The van der Waals surface area contributed by atoms with Crippen LogP contribution in [0.2, 0.25) is 0 Å². The second-order valence-electron chi connectivity index (χ2n) is 4.70. The molecule has 6 heteroatoms. The minimum atomic E-state index is -0.561. The highest BCUT2D eigenvalue weighted by molar-refractivity contribution is 5.81. The second-order valence-corrected chi connectivity index (χ2v) is 4.70. The molecule has 0 spiro atoms. The predicted molar refractivity (Wildman–Crippen MR) is 72.4 cm³/mol. The first kappa shape index (κ1) is 14.3. The molecular formula is C14H17N3O3. The van der Waals surface area contributed by atoms with Gasteiger partial charge < -0.3 is 14.4 Å². The smallest absolute Gasteiger partial charge is 0.330 e. The number of ether oxygens (including phenoxy) is 2. The summed E-state index contributed by atoms with van der Waals surface area (Å²) in [5.74, 6) is 0.151. The van der Waals surface area contributed by atoms with Gasteiger partial charge in [-0.2, -0.15) is 5.26 Å². The number of carbonyl (C=O) groups excluding carboxylic acids is 1. The first-order valence-corrected chi connectivity index (χ1v) is 6.39. The third-order valence-electron chi connectivity index (χ3n) is 3.31. The summed E-state index contributed by atoms with van der Waals surface area (Å²) in [5.41, 5.74) is 2.16. The van der Waals surface area contributed by atoms with Crippen molar-refractivity contribution in [3.05, 3.63) is 22.9 Å². The van der Waals surface area contributed by atoms with Crippen LogP contribution < -0.4 is 4.90 Å². The molecule has 1 aromatic rings. The second kappa shape index (κ2) is 5.88. The average Bonchev–Trinajstić information content (AvgIpc) is 2.45. The van der Waals surface area contributed by atoms with E-state index in [0.29, 0.717) is 24.5 Å². The number of carbonyl (C=O) groups is 1. The van der Waals surface area contributed by atoms with E-state index < -0.39 is 6.04 Å². The summed E-state index contributed by atoms with van der Waals surface area (Å²) < 4.78 is 10.1. The minimum Gasteiger partial charge on any atom is -0.467 e. The maximum atomic E-state index is 11.9. The summed E-state index contributed by atoms with van der Waals surface area (Å²) >= 11 is 0. The highest BCUT2D eigenvalue weighted by atomic mass is 16.5. The summed E-state index contributed by atoms with van der Waals surface area (Å²) in [4.78, 5) is 18.1. The van der Waals surface area contributed by atoms with Gasteiger partial charge in [0.15, 0.2) is 6.04 Å². The van der Waals surface area contributed by atoms with Crippen LogP contribution in [0.4, 0.5) is 5.82 Å². The van der Waals surface area contributed by atoms with Crippen molar-refractivity contribution < 1.29 is 14.3 Å². The van der Waals surface area contributed by atoms with E-state index in [1.165, 1.54) is 7.11 Å². The highest BCUT2D eigenvalue weighted by Crippen LogP contribution is 2.25. The third kappa shape index (κ3) is 2.58. The zero-order chi connectivity index (χ0) is 14.7. The van der Waals surface area contributed by atoms with Gasteiger partial charge in [-0.05, 0) is 25.5 Å². The number of aryl methyl sites for hydroxylation is 2. The van der Waals surface area contributed by atoms with Gasteiger partial charge in [0.05, 0.1) is 25.9 Å². The first-order chi connectivity index (χ1) is 9.58. The van der Waals surface area contributed by atoms with E-state index in [9.17, 15) is 10.1 Å². The standard InChI is InChI=1S/C14H17N3O3/c1-9-6-10(2)16-13(11(9)7-15)17-4-5-20-8-12(17)14(18)19-3/h6,12H,4-5,8H2,1-3H3. The Morgan fingerprint density at radius 1 is 1.60 bits per heavy atom. The molecule has 0 amide bonds. The van der Waals surface area contributed by atoms with Gasteiger partial charge in [-0.15, -0.1) is 0 Å². The topological polar surface area (TPSA) is 75.5 Å². The van der Waals surface area contributed by atoms with Crippen molar-refractivity contribution in [2.45, 2.75) is 19.9 Å². The molecule has 2 rings (SSSR count). The Bertz CT molecular complexity index is 566. The number of rotatable bonds is 2. The van der Waals surface area contributed by atoms with Crippen molar-refractivity contribution in [3.8, 4) is 6.07 Å². The minimum absolute atomic E-state index is 0.242. The van der Waals surface area contributed by atoms with E-state index in [1.807, 2.05) is 19.9 Å². The lowest BCUT2D eigenvalue weighted by Crippen LogP contribution is -2.51. The van der Waals surface area contributed by atoms with Crippen molar-refractivity contribution >= 4 is 11.8 Å². The van der Waals surface area contributed by atoms with Crippen molar-refractivity contribution in [2.75, 3.05) is 31.8 Å². The number of hydrogen-bond donors (Lipinski definition) is 0. The van der Waals surface area contributed by atoms with Gasteiger partial charge in [-0.25, -0.2) is 9.78 Å². The molecule has 1 atom stereocenters. The van der Waals surface area contributed by atoms with Crippen LogP contribution in [0, 0.1) is 25.2 Å². The molecule has 0 aromatic carbocycles.